The first-order valence-corrected chi connectivity index (χ1v) is 10.6. The van der Waals surface area contributed by atoms with E-state index in [1.807, 2.05) is 23.1 Å². The molecule has 1 spiro atoms. The van der Waals surface area contributed by atoms with Gasteiger partial charge in [-0.05, 0) is 68.0 Å². The molecule has 2 aliphatic rings. The molecule has 2 saturated heterocycles. The zero-order valence-electron chi connectivity index (χ0n) is 16.9. The average Bonchev–Trinajstić information content (AvgIpc) is 3.21. The van der Waals surface area contributed by atoms with E-state index >= 15 is 0 Å². The van der Waals surface area contributed by atoms with Crippen LogP contribution in [0, 0.1) is 5.41 Å². The van der Waals surface area contributed by atoms with E-state index in [2.05, 4.69) is 53.5 Å². The third kappa shape index (κ3) is 4.07. The first-order chi connectivity index (χ1) is 13.7. The molecule has 0 atom stereocenters. The minimum absolute atomic E-state index is 0.179. The van der Waals surface area contributed by atoms with Gasteiger partial charge in [0.05, 0.1) is 0 Å². The molecule has 1 amide bonds. The van der Waals surface area contributed by atoms with Gasteiger partial charge in [-0.15, -0.1) is 0 Å². The van der Waals surface area contributed by atoms with E-state index in [1.165, 1.54) is 12.0 Å². The highest BCUT2D eigenvalue weighted by atomic mass is 16.2. The Bertz CT molecular complexity index is 771. The summed E-state index contributed by atoms with van der Waals surface area (Å²) < 4.78 is 0. The predicted molar refractivity (Wildman–Crippen MR) is 115 cm³/mol. The fourth-order valence-corrected chi connectivity index (χ4v) is 4.59. The molecule has 28 heavy (non-hydrogen) atoms. The van der Waals surface area contributed by atoms with Gasteiger partial charge < -0.3 is 15.1 Å². The molecule has 0 aliphatic carbocycles. The van der Waals surface area contributed by atoms with Crippen LogP contribution in [-0.2, 0) is 6.54 Å². The van der Waals surface area contributed by atoms with Crippen LogP contribution in [0.15, 0.2) is 54.6 Å². The highest BCUT2D eigenvalue weighted by Gasteiger charge is 2.38. The van der Waals surface area contributed by atoms with E-state index in [1.54, 1.807) is 0 Å². The minimum atomic E-state index is 0.179. The van der Waals surface area contributed by atoms with Crippen LogP contribution in [0.25, 0.3) is 0 Å². The molecule has 0 radical (unpaired) electrons. The third-order valence-electron chi connectivity index (χ3n) is 6.52. The summed E-state index contributed by atoms with van der Waals surface area (Å²) in [6.07, 6.45) is 3.52. The van der Waals surface area contributed by atoms with Gasteiger partial charge in [0.25, 0.3) is 5.91 Å². The zero-order valence-corrected chi connectivity index (χ0v) is 16.9. The zero-order chi connectivity index (χ0) is 19.4. The highest BCUT2D eigenvalue weighted by molar-refractivity contribution is 5.94. The Kier molecular flexibility index (Phi) is 5.67. The largest absolute Gasteiger partial charge is 0.367 e. The Labute approximate surface area is 168 Å². The van der Waals surface area contributed by atoms with Gasteiger partial charge in [-0.1, -0.05) is 30.3 Å². The summed E-state index contributed by atoms with van der Waals surface area (Å²) in [6.45, 7) is 8.01. The van der Waals surface area contributed by atoms with Crippen molar-refractivity contribution in [3.05, 3.63) is 65.7 Å². The molecule has 4 nitrogen and oxygen atoms in total. The van der Waals surface area contributed by atoms with Gasteiger partial charge in [-0.3, -0.25) is 4.79 Å². The standard InChI is InChI=1S/C24H31N3O/c1-2-26(18-20-6-4-3-5-7-20)22-10-8-21(9-11-22)23(28)27-16-13-24(14-17-27)12-15-25-19-24/h3-11,25H,2,12-19H2,1H3. The number of nitrogens with one attached hydrogen (secondary N) is 1. The molecule has 0 bridgehead atoms. The lowest BCUT2D eigenvalue weighted by Gasteiger charge is -2.39. The van der Waals surface area contributed by atoms with E-state index in [0.717, 1.165) is 63.4 Å². The third-order valence-corrected chi connectivity index (χ3v) is 6.52. The summed E-state index contributed by atoms with van der Waals surface area (Å²) in [4.78, 5) is 17.3. The van der Waals surface area contributed by atoms with Crippen molar-refractivity contribution in [2.45, 2.75) is 32.7 Å². The van der Waals surface area contributed by atoms with Crippen LogP contribution in [0.5, 0.6) is 0 Å². The molecule has 2 aliphatic heterocycles. The molecule has 148 valence electrons. The maximum absolute atomic E-state index is 12.9. The molecule has 2 aromatic carbocycles. The smallest absolute Gasteiger partial charge is 0.253 e. The van der Waals surface area contributed by atoms with Crippen molar-refractivity contribution in [1.29, 1.82) is 0 Å². The quantitative estimate of drug-likeness (QED) is 0.858. The van der Waals surface area contributed by atoms with Crippen LogP contribution in [0.1, 0.15) is 42.1 Å². The van der Waals surface area contributed by atoms with Crippen molar-refractivity contribution < 1.29 is 4.79 Å². The normalized spacial score (nSPS) is 18.4. The first-order valence-electron chi connectivity index (χ1n) is 10.6. The number of benzene rings is 2. The molecule has 2 fully saturated rings. The summed E-state index contributed by atoms with van der Waals surface area (Å²) in [5.74, 6) is 0.179. The molecule has 2 aromatic rings. The molecule has 0 aromatic heterocycles. The van der Waals surface area contributed by atoms with Crippen molar-refractivity contribution in [2.24, 2.45) is 5.41 Å². The summed E-state index contributed by atoms with van der Waals surface area (Å²) in [5, 5.41) is 3.49. The number of hydrogen-bond donors (Lipinski definition) is 1. The maximum atomic E-state index is 12.9. The van der Waals surface area contributed by atoms with Gasteiger partial charge in [0, 0.05) is 44.0 Å². The van der Waals surface area contributed by atoms with Crippen LogP contribution in [-0.4, -0.2) is 43.5 Å². The SMILES string of the molecule is CCN(Cc1ccccc1)c1ccc(C(=O)N2CCC3(CCNC3)CC2)cc1. The number of carbonyl (C=O) groups excluding carboxylic acids is 1. The summed E-state index contributed by atoms with van der Waals surface area (Å²) in [6, 6.07) is 18.7. The minimum Gasteiger partial charge on any atom is -0.367 e. The summed E-state index contributed by atoms with van der Waals surface area (Å²) >= 11 is 0. The van der Waals surface area contributed by atoms with Gasteiger partial charge in [-0.2, -0.15) is 0 Å². The maximum Gasteiger partial charge on any atom is 0.253 e. The second-order valence-corrected chi connectivity index (χ2v) is 8.27. The molecule has 0 unspecified atom stereocenters. The van der Waals surface area contributed by atoms with Gasteiger partial charge in [-0.25, -0.2) is 0 Å². The predicted octanol–water partition coefficient (Wildman–Crippen LogP) is 3.93. The summed E-state index contributed by atoms with van der Waals surface area (Å²) in [7, 11) is 0. The Morgan fingerprint density at radius 3 is 2.36 bits per heavy atom. The number of anilines is 1. The molecule has 4 heteroatoms. The lowest BCUT2D eigenvalue weighted by Crippen LogP contribution is -2.44. The van der Waals surface area contributed by atoms with E-state index in [4.69, 9.17) is 0 Å². The Morgan fingerprint density at radius 2 is 1.75 bits per heavy atom. The van der Waals surface area contributed by atoms with Crippen LogP contribution in [0.2, 0.25) is 0 Å². The molecule has 4 rings (SSSR count). The Hall–Kier alpha value is -2.33. The van der Waals surface area contributed by atoms with Gasteiger partial charge in [0.15, 0.2) is 0 Å². The van der Waals surface area contributed by atoms with E-state index in [-0.39, 0.29) is 5.91 Å². The lowest BCUT2D eigenvalue weighted by atomic mass is 9.78. The van der Waals surface area contributed by atoms with Crippen molar-refractivity contribution >= 4 is 11.6 Å². The number of likely N-dealkylation sites (tertiary alicyclic amines) is 1. The monoisotopic (exact) mass is 377 g/mol. The van der Waals surface area contributed by atoms with Crippen LogP contribution in [0.3, 0.4) is 0 Å². The topological polar surface area (TPSA) is 35.6 Å². The summed E-state index contributed by atoms with van der Waals surface area (Å²) in [5.41, 5.74) is 3.71. The number of amides is 1. The number of nitrogens with zero attached hydrogens (tertiary/aromatic N) is 2. The van der Waals surface area contributed by atoms with Gasteiger partial charge in [0.2, 0.25) is 0 Å². The van der Waals surface area contributed by atoms with Gasteiger partial charge >= 0.3 is 0 Å². The number of rotatable bonds is 5. The average molecular weight is 378 g/mol. The lowest BCUT2D eigenvalue weighted by molar-refractivity contribution is 0.0607. The number of carbonyl (C=O) groups is 1. The Morgan fingerprint density at radius 1 is 1.04 bits per heavy atom. The van der Waals surface area contributed by atoms with Crippen molar-refractivity contribution in [3.63, 3.8) is 0 Å². The Balaban J connectivity index is 1.39. The van der Waals surface area contributed by atoms with E-state index in [0.29, 0.717) is 5.41 Å². The molecular formula is C24H31N3O. The molecule has 2 heterocycles. The van der Waals surface area contributed by atoms with Gasteiger partial charge in [0.1, 0.15) is 0 Å². The number of piperidine rings is 1. The second kappa shape index (κ2) is 8.36. The van der Waals surface area contributed by atoms with E-state index in [9.17, 15) is 4.79 Å². The fraction of sp³-hybridized carbons (Fsp3) is 0.458. The molecule has 1 N–H and O–H groups in total. The molecular weight excluding hydrogens is 346 g/mol. The van der Waals surface area contributed by atoms with Crippen molar-refractivity contribution in [3.8, 4) is 0 Å². The molecule has 0 saturated carbocycles. The van der Waals surface area contributed by atoms with Crippen LogP contribution < -0.4 is 10.2 Å². The van der Waals surface area contributed by atoms with Crippen LogP contribution >= 0.6 is 0 Å². The van der Waals surface area contributed by atoms with E-state index < -0.39 is 0 Å². The van der Waals surface area contributed by atoms with Crippen molar-refractivity contribution in [1.82, 2.24) is 10.2 Å². The number of hydrogen-bond acceptors (Lipinski definition) is 3. The van der Waals surface area contributed by atoms with Crippen molar-refractivity contribution in [2.75, 3.05) is 37.6 Å². The second-order valence-electron chi connectivity index (χ2n) is 8.27. The fourth-order valence-electron chi connectivity index (χ4n) is 4.59. The van der Waals surface area contributed by atoms with Crippen LogP contribution in [0.4, 0.5) is 5.69 Å². The first kappa shape index (κ1) is 19.0. The highest BCUT2D eigenvalue weighted by Crippen LogP contribution is 2.37.